The first-order chi connectivity index (χ1) is 13.4. The molecule has 0 bridgehead atoms. The van der Waals surface area contributed by atoms with Gasteiger partial charge in [-0.1, -0.05) is 37.6 Å². The SMILES string of the molecule is CC(C)CN1CCNC(=O)[C@H]1CC(=O)N1CCN(Cc2cccc(Cl)c2)CC1. The predicted octanol–water partition coefficient (Wildman–Crippen LogP) is 1.83. The molecule has 0 aromatic heterocycles. The second-order valence-electron chi connectivity index (χ2n) is 8.19. The Labute approximate surface area is 172 Å². The van der Waals surface area contributed by atoms with Crippen molar-refractivity contribution in [1.82, 2.24) is 20.0 Å². The molecule has 154 valence electrons. The van der Waals surface area contributed by atoms with Crippen molar-refractivity contribution in [3.8, 4) is 0 Å². The number of hydrogen-bond acceptors (Lipinski definition) is 4. The highest BCUT2D eigenvalue weighted by Crippen LogP contribution is 2.16. The van der Waals surface area contributed by atoms with Crippen molar-refractivity contribution in [2.45, 2.75) is 32.9 Å². The fourth-order valence-electron chi connectivity index (χ4n) is 4.01. The third-order valence-electron chi connectivity index (χ3n) is 5.43. The van der Waals surface area contributed by atoms with Crippen molar-refractivity contribution in [1.29, 1.82) is 0 Å². The Morgan fingerprint density at radius 2 is 1.96 bits per heavy atom. The minimum Gasteiger partial charge on any atom is -0.353 e. The van der Waals surface area contributed by atoms with Gasteiger partial charge in [0.15, 0.2) is 0 Å². The summed E-state index contributed by atoms with van der Waals surface area (Å²) < 4.78 is 0. The first-order valence-corrected chi connectivity index (χ1v) is 10.6. The molecule has 1 aromatic carbocycles. The Balaban J connectivity index is 1.50. The highest BCUT2D eigenvalue weighted by Gasteiger charge is 2.33. The Hall–Kier alpha value is -1.63. The Morgan fingerprint density at radius 1 is 1.21 bits per heavy atom. The molecule has 2 aliphatic heterocycles. The van der Waals surface area contributed by atoms with Crippen LogP contribution in [0.3, 0.4) is 0 Å². The number of carbonyl (C=O) groups excluding carboxylic acids is 2. The minimum atomic E-state index is -0.340. The van der Waals surface area contributed by atoms with Gasteiger partial charge < -0.3 is 10.2 Å². The van der Waals surface area contributed by atoms with Gasteiger partial charge in [0.25, 0.3) is 0 Å². The van der Waals surface area contributed by atoms with Gasteiger partial charge >= 0.3 is 0 Å². The van der Waals surface area contributed by atoms with Crippen LogP contribution in [0.4, 0.5) is 0 Å². The molecule has 2 aliphatic rings. The molecule has 2 saturated heterocycles. The number of benzene rings is 1. The third kappa shape index (κ3) is 5.69. The van der Waals surface area contributed by atoms with Crippen molar-refractivity contribution in [3.63, 3.8) is 0 Å². The topological polar surface area (TPSA) is 55.9 Å². The maximum Gasteiger partial charge on any atom is 0.237 e. The third-order valence-corrected chi connectivity index (χ3v) is 5.66. The summed E-state index contributed by atoms with van der Waals surface area (Å²) in [6, 6.07) is 7.58. The molecule has 0 saturated carbocycles. The first kappa shape index (κ1) is 21.1. The minimum absolute atomic E-state index is 0.0140. The Morgan fingerprint density at radius 3 is 2.64 bits per heavy atom. The van der Waals surface area contributed by atoms with Gasteiger partial charge in [0.1, 0.15) is 0 Å². The van der Waals surface area contributed by atoms with Crippen molar-refractivity contribution >= 4 is 23.4 Å². The zero-order valence-corrected chi connectivity index (χ0v) is 17.6. The molecule has 0 aliphatic carbocycles. The first-order valence-electron chi connectivity index (χ1n) is 10.2. The van der Waals surface area contributed by atoms with E-state index in [0.717, 1.165) is 37.7 Å². The molecule has 0 radical (unpaired) electrons. The van der Waals surface area contributed by atoms with E-state index in [1.807, 2.05) is 23.1 Å². The largest absolute Gasteiger partial charge is 0.353 e. The average Bonchev–Trinajstić information content (AvgIpc) is 2.64. The van der Waals surface area contributed by atoms with Gasteiger partial charge in [0.2, 0.25) is 11.8 Å². The Bertz CT molecular complexity index is 689. The van der Waals surface area contributed by atoms with Crippen LogP contribution in [0.25, 0.3) is 0 Å². The van der Waals surface area contributed by atoms with Gasteiger partial charge in [-0.3, -0.25) is 19.4 Å². The summed E-state index contributed by atoms with van der Waals surface area (Å²) in [6.45, 7) is 10.5. The fraction of sp³-hybridized carbons (Fsp3) is 0.619. The molecule has 1 atom stereocenters. The highest BCUT2D eigenvalue weighted by molar-refractivity contribution is 6.30. The summed E-state index contributed by atoms with van der Waals surface area (Å²) in [5.74, 6) is 0.539. The molecule has 7 heteroatoms. The number of nitrogens with zero attached hydrogens (tertiary/aromatic N) is 3. The number of rotatable bonds is 6. The molecule has 6 nitrogen and oxygen atoms in total. The van der Waals surface area contributed by atoms with E-state index in [0.29, 0.717) is 25.6 Å². The summed E-state index contributed by atoms with van der Waals surface area (Å²) >= 11 is 6.07. The van der Waals surface area contributed by atoms with E-state index in [-0.39, 0.29) is 24.3 Å². The van der Waals surface area contributed by atoms with Crippen LogP contribution >= 0.6 is 11.6 Å². The van der Waals surface area contributed by atoms with Gasteiger partial charge in [-0.05, 0) is 23.6 Å². The van der Waals surface area contributed by atoms with Crippen molar-refractivity contribution in [3.05, 3.63) is 34.9 Å². The average molecular weight is 407 g/mol. The predicted molar refractivity (Wildman–Crippen MR) is 111 cm³/mol. The molecule has 1 N–H and O–H groups in total. The number of amides is 2. The number of carbonyl (C=O) groups is 2. The lowest BCUT2D eigenvalue weighted by Crippen LogP contribution is -2.58. The van der Waals surface area contributed by atoms with Gasteiger partial charge in [0, 0.05) is 57.4 Å². The van der Waals surface area contributed by atoms with E-state index >= 15 is 0 Å². The van der Waals surface area contributed by atoms with Crippen LogP contribution in [0.1, 0.15) is 25.8 Å². The summed E-state index contributed by atoms with van der Waals surface area (Å²) in [7, 11) is 0. The van der Waals surface area contributed by atoms with Crippen LogP contribution < -0.4 is 5.32 Å². The van der Waals surface area contributed by atoms with Crippen molar-refractivity contribution in [2.75, 3.05) is 45.8 Å². The monoisotopic (exact) mass is 406 g/mol. The summed E-state index contributed by atoms with van der Waals surface area (Å²) in [5.41, 5.74) is 1.19. The fourth-order valence-corrected chi connectivity index (χ4v) is 4.23. The highest BCUT2D eigenvalue weighted by atomic mass is 35.5. The van der Waals surface area contributed by atoms with Crippen LogP contribution in [0.15, 0.2) is 24.3 Å². The molecule has 0 spiro atoms. The molecular weight excluding hydrogens is 376 g/mol. The molecular formula is C21H31ClN4O2. The summed E-state index contributed by atoms with van der Waals surface area (Å²) in [6.07, 6.45) is 0.271. The molecule has 0 unspecified atom stereocenters. The van der Waals surface area contributed by atoms with Gasteiger partial charge in [-0.25, -0.2) is 0 Å². The van der Waals surface area contributed by atoms with E-state index in [1.54, 1.807) is 0 Å². The normalized spacial score (nSPS) is 21.8. The van der Waals surface area contributed by atoms with Crippen LogP contribution in [0, 0.1) is 5.92 Å². The van der Waals surface area contributed by atoms with Gasteiger partial charge in [-0.2, -0.15) is 0 Å². The van der Waals surface area contributed by atoms with Crippen LogP contribution in [-0.4, -0.2) is 78.4 Å². The van der Waals surface area contributed by atoms with Crippen molar-refractivity contribution < 1.29 is 9.59 Å². The molecule has 28 heavy (non-hydrogen) atoms. The maximum atomic E-state index is 12.8. The molecule has 2 amide bonds. The lowest BCUT2D eigenvalue weighted by molar-refractivity contribution is -0.140. The zero-order chi connectivity index (χ0) is 20.1. The second kappa shape index (κ2) is 9.72. The summed E-state index contributed by atoms with van der Waals surface area (Å²) in [5, 5.41) is 3.66. The van der Waals surface area contributed by atoms with E-state index in [9.17, 15) is 9.59 Å². The standard InChI is InChI=1S/C21H31ClN4O2/c1-16(2)14-26-7-6-23-21(28)19(26)13-20(27)25-10-8-24(9-11-25)15-17-4-3-5-18(22)12-17/h3-5,12,16,19H,6-11,13-15H2,1-2H3,(H,23,28)/t19-/m1/s1. The second-order valence-corrected chi connectivity index (χ2v) is 8.62. The number of nitrogens with one attached hydrogen (secondary N) is 1. The van der Waals surface area contributed by atoms with Gasteiger partial charge in [-0.15, -0.1) is 0 Å². The quantitative estimate of drug-likeness (QED) is 0.783. The van der Waals surface area contributed by atoms with Crippen LogP contribution in [0.5, 0.6) is 0 Å². The van der Waals surface area contributed by atoms with Crippen molar-refractivity contribution in [2.24, 2.45) is 5.92 Å². The number of hydrogen-bond donors (Lipinski definition) is 1. The molecule has 2 heterocycles. The molecule has 2 fully saturated rings. The van der Waals surface area contributed by atoms with E-state index < -0.39 is 0 Å². The lowest BCUT2D eigenvalue weighted by Gasteiger charge is -2.38. The van der Waals surface area contributed by atoms with Gasteiger partial charge in [0.05, 0.1) is 12.5 Å². The molecule has 1 aromatic rings. The smallest absolute Gasteiger partial charge is 0.237 e. The Kier molecular flexibility index (Phi) is 7.32. The molecule has 3 rings (SSSR count). The van der Waals surface area contributed by atoms with E-state index in [1.165, 1.54) is 5.56 Å². The zero-order valence-electron chi connectivity index (χ0n) is 16.9. The summed E-state index contributed by atoms with van der Waals surface area (Å²) in [4.78, 5) is 31.6. The van der Waals surface area contributed by atoms with Crippen LogP contribution in [-0.2, 0) is 16.1 Å². The van der Waals surface area contributed by atoms with E-state index in [4.69, 9.17) is 11.6 Å². The maximum absolute atomic E-state index is 12.8. The van der Waals surface area contributed by atoms with Crippen LogP contribution in [0.2, 0.25) is 5.02 Å². The lowest BCUT2D eigenvalue weighted by atomic mass is 10.0. The number of piperazine rings is 2. The van der Waals surface area contributed by atoms with E-state index in [2.05, 4.69) is 35.0 Å². The number of halogens is 1.